The summed E-state index contributed by atoms with van der Waals surface area (Å²) in [6, 6.07) is 7.01. The first-order chi connectivity index (χ1) is 11.6. The van der Waals surface area contributed by atoms with Crippen molar-refractivity contribution in [3.63, 3.8) is 0 Å². The van der Waals surface area contributed by atoms with Crippen molar-refractivity contribution < 1.29 is 4.79 Å². The lowest BCUT2D eigenvalue weighted by Crippen LogP contribution is -2.47. The van der Waals surface area contributed by atoms with E-state index in [1.807, 2.05) is 4.90 Å². The Balaban J connectivity index is 1.75. The van der Waals surface area contributed by atoms with E-state index in [1.54, 1.807) is 0 Å². The number of hydrogen-bond donors (Lipinski definition) is 1. The summed E-state index contributed by atoms with van der Waals surface area (Å²) in [6.07, 6.45) is 3.43. The number of nitrogens with one attached hydrogen (secondary N) is 1. The van der Waals surface area contributed by atoms with Gasteiger partial charge >= 0.3 is 0 Å². The van der Waals surface area contributed by atoms with Crippen LogP contribution in [0.5, 0.6) is 0 Å². The van der Waals surface area contributed by atoms with E-state index in [4.69, 9.17) is 0 Å². The molecule has 4 heteroatoms. The van der Waals surface area contributed by atoms with Crippen LogP contribution in [-0.2, 0) is 4.79 Å². The molecule has 1 aliphatic carbocycles. The Labute approximate surface area is 144 Å². The number of benzene rings is 1. The molecule has 0 spiro atoms. The van der Waals surface area contributed by atoms with Crippen LogP contribution < -0.4 is 5.32 Å². The SMILES string of the molecule is CCN(CC)C(=O)[C@@H]1C=C2c3cccc4c3C(CN4)C[C@H]2N(C)C1. The fourth-order valence-electron chi connectivity index (χ4n) is 4.77. The van der Waals surface area contributed by atoms with Gasteiger partial charge in [0.25, 0.3) is 0 Å². The summed E-state index contributed by atoms with van der Waals surface area (Å²) < 4.78 is 0. The Kier molecular flexibility index (Phi) is 3.87. The Morgan fingerprint density at radius 2 is 2.12 bits per heavy atom. The van der Waals surface area contributed by atoms with Gasteiger partial charge in [0.1, 0.15) is 0 Å². The fraction of sp³-hybridized carbons (Fsp3) is 0.550. The predicted molar refractivity (Wildman–Crippen MR) is 98.1 cm³/mol. The second-order valence-corrected chi connectivity index (χ2v) is 7.27. The third-order valence-corrected chi connectivity index (χ3v) is 6.02. The van der Waals surface area contributed by atoms with Gasteiger partial charge < -0.3 is 10.2 Å². The van der Waals surface area contributed by atoms with Gasteiger partial charge in [-0.05, 0) is 50.1 Å². The topological polar surface area (TPSA) is 35.6 Å². The van der Waals surface area contributed by atoms with Crippen molar-refractivity contribution in [1.29, 1.82) is 0 Å². The first-order valence-corrected chi connectivity index (χ1v) is 9.21. The van der Waals surface area contributed by atoms with Crippen LogP contribution in [-0.4, -0.2) is 55.0 Å². The molecule has 1 aromatic carbocycles. The van der Waals surface area contributed by atoms with Gasteiger partial charge in [-0.15, -0.1) is 0 Å². The minimum Gasteiger partial charge on any atom is -0.384 e. The fourth-order valence-corrected chi connectivity index (χ4v) is 4.77. The Hall–Kier alpha value is -1.81. The molecule has 2 aliphatic heterocycles. The lowest BCUT2D eigenvalue weighted by molar-refractivity contribution is -0.134. The normalized spacial score (nSPS) is 27.8. The molecule has 1 N–H and O–H groups in total. The Bertz CT molecular complexity index is 692. The van der Waals surface area contributed by atoms with Crippen molar-refractivity contribution >= 4 is 17.2 Å². The van der Waals surface area contributed by atoms with Crippen molar-refractivity contribution in [2.75, 3.05) is 38.5 Å². The molecular weight excluding hydrogens is 298 g/mol. The van der Waals surface area contributed by atoms with Gasteiger partial charge in [0.05, 0.1) is 5.92 Å². The molecule has 1 unspecified atom stereocenters. The monoisotopic (exact) mass is 325 g/mol. The largest absolute Gasteiger partial charge is 0.384 e. The van der Waals surface area contributed by atoms with E-state index < -0.39 is 0 Å². The van der Waals surface area contributed by atoms with Crippen molar-refractivity contribution in [2.45, 2.75) is 32.2 Å². The Morgan fingerprint density at radius 3 is 2.88 bits per heavy atom. The highest BCUT2D eigenvalue weighted by molar-refractivity contribution is 5.87. The van der Waals surface area contributed by atoms with Crippen molar-refractivity contribution in [1.82, 2.24) is 9.80 Å². The van der Waals surface area contributed by atoms with Gasteiger partial charge in [-0.1, -0.05) is 18.2 Å². The molecule has 1 aromatic rings. The number of anilines is 1. The number of fused-ring (bicyclic) bond motifs is 2. The zero-order valence-electron chi connectivity index (χ0n) is 14.9. The molecule has 3 atom stereocenters. The molecule has 0 radical (unpaired) electrons. The highest BCUT2D eigenvalue weighted by Crippen LogP contribution is 2.48. The van der Waals surface area contributed by atoms with E-state index in [1.165, 1.54) is 22.4 Å². The molecule has 0 fully saturated rings. The molecule has 0 bridgehead atoms. The van der Waals surface area contributed by atoms with E-state index in [9.17, 15) is 4.79 Å². The van der Waals surface area contributed by atoms with Gasteiger partial charge in [0, 0.05) is 43.8 Å². The zero-order valence-corrected chi connectivity index (χ0v) is 14.9. The highest BCUT2D eigenvalue weighted by atomic mass is 16.2. The van der Waals surface area contributed by atoms with Crippen molar-refractivity contribution in [3.8, 4) is 0 Å². The minimum atomic E-state index is -0.0251. The standard InChI is InChI=1S/C20H27N3O/c1-4-23(5-2)20(24)14-9-16-15-7-6-8-17-19(15)13(11-21-17)10-18(16)22(3)12-14/h6-9,13-14,18,21H,4-5,10-12H2,1-3H3/t13?,14-,18-/m1/s1. The number of rotatable bonds is 3. The predicted octanol–water partition coefficient (Wildman–Crippen LogP) is 2.78. The van der Waals surface area contributed by atoms with Gasteiger partial charge in [-0.25, -0.2) is 0 Å². The summed E-state index contributed by atoms with van der Waals surface area (Å²) in [5, 5.41) is 3.56. The minimum absolute atomic E-state index is 0.0251. The van der Waals surface area contributed by atoms with Gasteiger partial charge in [0.2, 0.25) is 5.91 Å². The van der Waals surface area contributed by atoms with Gasteiger partial charge in [0.15, 0.2) is 0 Å². The Morgan fingerprint density at radius 1 is 1.33 bits per heavy atom. The van der Waals surface area contributed by atoms with Crippen molar-refractivity contribution in [2.24, 2.45) is 5.92 Å². The van der Waals surface area contributed by atoms with Crippen LogP contribution in [0.2, 0.25) is 0 Å². The van der Waals surface area contributed by atoms with E-state index in [0.717, 1.165) is 32.6 Å². The van der Waals surface area contributed by atoms with Crippen LogP contribution in [0.3, 0.4) is 0 Å². The molecule has 128 valence electrons. The lowest BCUT2D eigenvalue weighted by Gasteiger charge is -2.42. The quantitative estimate of drug-likeness (QED) is 0.928. The maximum Gasteiger partial charge on any atom is 0.230 e. The van der Waals surface area contributed by atoms with Crippen LogP contribution >= 0.6 is 0 Å². The highest BCUT2D eigenvalue weighted by Gasteiger charge is 2.41. The summed E-state index contributed by atoms with van der Waals surface area (Å²) >= 11 is 0. The summed E-state index contributed by atoms with van der Waals surface area (Å²) in [6.45, 7) is 7.57. The number of hydrogen-bond acceptors (Lipinski definition) is 3. The molecule has 0 saturated heterocycles. The molecule has 4 nitrogen and oxygen atoms in total. The summed E-state index contributed by atoms with van der Waals surface area (Å²) in [5.74, 6) is 0.851. The van der Waals surface area contributed by atoms with E-state index in [-0.39, 0.29) is 11.8 Å². The van der Waals surface area contributed by atoms with Crippen LogP contribution in [0.25, 0.3) is 5.57 Å². The van der Waals surface area contributed by atoms with E-state index in [2.05, 4.69) is 55.4 Å². The molecular formula is C20H27N3O. The average Bonchev–Trinajstić information content (AvgIpc) is 3.01. The maximum atomic E-state index is 12.9. The van der Waals surface area contributed by atoms with Crippen molar-refractivity contribution in [3.05, 3.63) is 35.4 Å². The second-order valence-electron chi connectivity index (χ2n) is 7.27. The summed E-state index contributed by atoms with van der Waals surface area (Å²) in [7, 11) is 2.18. The number of nitrogens with zero attached hydrogens (tertiary/aromatic N) is 2. The van der Waals surface area contributed by atoms with E-state index >= 15 is 0 Å². The molecule has 2 heterocycles. The maximum absolute atomic E-state index is 12.9. The number of amides is 1. The van der Waals surface area contributed by atoms with Crippen LogP contribution in [0, 0.1) is 5.92 Å². The third kappa shape index (κ3) is 2.27. The average molecular weight is 325 g/mol. The summed E-state index contributed by atoms with van der Waals surface area (Å²) in [4.78, 5) is 17.2. The molecule has 3 aliphatic rings. The van der Waals surface area contributed by atoms with E-state index in [0.29, 0.717) is 12.0 Å². The number of likely N-dealkylation sites (N-methyl/N-ethyl adjacent to an activating group) is 1. The molecule has 0 aromatic heterocycles. The van der Waals surface area contributed by atoms with Crippen LogP contribution in [0.15, 0.2) is 24.3 Å². The third-order valence-electron chi connectivity index (χ3n) is 6.02. The van der Waals surface area contributed by atoms with Gasteiger partial charge in [-0.3, -0.25) is 9.69 Å². The molecule has 0 saturated carbocycles. The second kappa shape index (κ2) is 5.92. The lowest BCUT2D eigenvalue weighted by atomic mass is 9.74. The molecule has 1 amide bonds. The molecule has 4 rings (SSSR count). The van der Waals surface area contributed by atoms with Crippen LogP contribution in [0.4, 0.5) is 5.69 Å². The summed E-state index contributed by atoms with van der Waals surface area (Å²) in [5.41, 5.74) is 5.50. The number of carbonyl (C=O) groups excluding carboxylic acids is 1. The molecule has 24 heavy (non-hydrogen) atoms. The smallest absolute Gasteiger partial charge is 0.230 e. The first-order valence-electron chi connectivity index (χ1n) is 9.21. The first kappa shape index (κ1) is 15.7. The van der Waals surface area contributed by atoms with Crippen LogP contribution in [0.1, 0.15) is 37.3 Å². The number of carbonyl (C=O) groups is 1. The zero-order chi connectivity index (χ0) is 16.8. The van der Waals surface area contributed by atoms with Gasteiger partial charge in [-0.2, -0.15) is 0 Å².